The molecule has 72 valence electrons. The number of phenols is 1. The van der Waals surface area contributed by atoms with E-state index < -0.39 is 11.6 Å². The summed E-state index contributed by atoms with van der Waals surface area (Å²) in [6, 6.07) is 2.55. The lowest BCUT2D eigenvalue weighted by Gasteiger charge is -2.06. The molecule has 0 heterocycles. The third-order valence-electron chi connectivity index (χ3n) is 1.61. The Morgan fingerprint density at radius 2 is 2.23 bits per heavy atom. The van der Waals surface area contributed by atoms with Crippen molar-refractivity contribution in [2.75, 3.05) is 7.11 Å². The van der Waals surface area contributed by atoms with Crippen LogP contribution in [-0.2, 0) is 6.54 Å². The lowest BCUT2D eigenvalue weighted by Crippen LogP contribution is -2.08. The van der Waals surface area contributed by atoms with E-state index in [1.165, 1.54) is 13.2 Å². The van der Waals surface area contributed by atoms with Gasteiger partial charge in [-0.05, 0) is 6.07 Å². The number of hydroxylamine groups is 1. The van der Waals surface area contributed by atoms with Crippen molar-refractivity contribution in [1.82, 2.24) is 5.48 Å². The zero-order valence-electron chi connectivity index (χ0n) is 7.04. The van der Waals surface area contributed by atoms with E-state index in [-0.39, 0.29) is 12.1 Å². The van der Waals surface area contributed by atoms with E-state index >= 15 is 0 Å². The first kappa shape index (κ1) is 9.76. The molecule has 0 amide bonds. The summed E-state index contributed by atoms with van der Waals surface area (Å²) in [6.07, 6.45) is 0. The van der Waals surface area contributed by atoms with Crippen LogP contribution < -0.4 is 10.2 Å². The molecule has 5 heteroatoms. The highest BCUT2D eigenvalue weighted by molar-refractivity contribution is 5.39. The van der Waals surface area contributed by atoms with Crippen LogP contribution in [0.25, 0.3) is 0 Å². The van der Waals surface area contributed by atoms with E-state index in [1.54, 1.807) is 5.48 Å². The predicted octanol–water partition coefficient (Wildman–Crippen LogP) is 1.02. The number of hydrogen-bond acceptors (Lipinski definition) is 4. The molecule has 0 aliphatic heterocycles. The lowest BCUT2D eigenvalue weighted by atomic mass is 10.2. The molecule has 0 unspecified atom stereocenters. The summed E-state index contributed by atoms with van der Waals surface area (Å²) in [6.45, 7) is -0.0867. The Balaban J connectivity index is 3.09. The summed E-state index contributed by atoms with van der Waals surface area (Å²) >= 11 is 0. The van der Waals surface area contributed by atoms with E-state index in [1.807, 2.05) is 0 Å². The normalized spacial score (nSPS) is 10.1. The lowest BCUT2D eigenvalue weighted by molar-refractivity contribution is 0.159. The fourth-order valence-electron chi connectivity index (χ4n) is 0.971. The van der Waals surface area contributed by atoms with Crippen LogP contribution in [0.15, 0.2) is 12.1 Å². The second-order valence-corrected chi connectivity index (χ2v) is 2.45. The van der Waals surface area contributed by atoms with Crippen molar-refractivity contribution in [3.8, 4) is 11.5 Å². The number of aromatic hydroxyl groups is 1. The van der Waals surface area contributed by atoms with Crippen molar-refractivity contribution in [2.45, 2.75) is 6.54 Å². The smallest absolute Gasteiger partial charge is 0.169 e. The van der Waals surface area contributed by atoms with Crippen molar-refractivity contribution >= 4 is 0 Å². The molecular formula is C8H10FNO3. The van der Waals surface area contributed by atoms with Crippen molar-refractivity contribution in [3.63, 3.8) is 0 Å². The van der Waals surface area contributed by atoms with Crippen LogP contribution in [0, 0.1) is 5.82 Å². The summed E-state index contributed by atoms with van der Waals surface area (Å²) in [5.41, 5.74) is 1.93. The second kappa shape index (κ2) is 4.06. The highest BCUT2D eigenvalue weighted by atomic mass is 19.1. The molecule has 0 spiro atoms. The predicted molar refractivity (Wildman–Crippen MR) is 43.2 cm³/mol. The van der Waals surface area contributed by atoms with E-state index in [0.717, 1.165) is 6.07 Å². The molecule has 0 radical (unpaired) electrons. The SMILES string of the molecule is COc1cc(O)c(F)c(CNO)c1. The van der Waals surface area contributed by atoms with E-state index in [0.29, 0.717) is 5.75 Å². The van der Waals surface area contributed by atoms with E-state index in [2.05, 4.69) is 0 Å². The van der Waals surface area contributed by atoms with Crippen LogP contribution in [0.1, 0.15) is 5.56 Å². The number of methoxy groups -OCH3 is 1. The minimum Gasteiger partial charge on any atom is -0.505 e. The topological polar surface area (TPSA) is 61.7 Å². The van der Waals surface area contributed by atoms with Gasteiger partial charge in [0.15, 0.2) is 11.6 Å². The standard InChI is InChI=1S/C8H10FNO3/c1-13-6-2-5(4-10-12)8(9)7(11)3-6/h2-3,10-12H,4H2,1H3. The molecule has 1 rings (SSSR count). The van der Waals surface area contributed by atoms with Crippen molar-refractivity contribution < 1.29 is 19.4 Å². The number of rotatable bonds is 3. The first-order chi connectivity index (χ1) is 6.19. The van der Waals surface area contributed by atoms with Crippen LogP contribution >= 0.6 is 0 Å². The average Bonchev–Trinajstić information content (AvgIpc) is 2.13. The molecule has 0 fully saturated rings. The van der Waals surface area contributed by atoms with Gasteiger partial charge < -0.3 is 15.1 Å². The molecule has 0 saturated carbocycles. The van der Waals surface area contributed by atoms with Crippen molar-refractivity contribution in [2.24, 2.45) is 0 Å². The highest BCUT2D eigenvalue weighted by Gasteiger charge is 2.09. The maximum absolute atomic E-state index is 13.0. The summed E-state index contributed by atoms with van der Waals surface area (Å²) in [7, 11) is 1.41. The number of ether oxygens (including phenoxy) is 1. The largest absolute Gasteiger partial charge is 0.505 e. The summed E-state index contributed by atoms with van der Waals surface area (Å²) < 4.78 is 17.8. The molecule has 4 nitrogen and oxygen atoms in total. The Hall–Kier alpha value is -1.33. The molecule has 0 saturated heterocycles. The Morgan fingerprint density at radius 3 is 2.77 bits per heavy atom. The van der Waals surface area contributed by atoms with Gasteiger partial charge in [-0.3, -0.25) is 0 Å². The molecule has 0 bridgehead atoms. The molecule has 1 aromatic rings. The van der Waals surface area contributed by atoms with Gasteiger partial charge in [-0.2, -0.15) is 0 Å². The highest BCUT2D eigenvalue weighted by Crippen LogP contribution is 2.25. The fraction of sp³-hybridized carbons (Fsp3) is 0.250. The van der Waals surface area contributed by atoms with Gasteiger partial charge in [0.25, 0.3) is 0 Å². The van der Waals surface area contributed by atoms with Gasteiger partial charge in [0.05, 0.1) is 7.11 Å². The molecule has 3 N–H and O–H groups in total. The minimum atomic E-state index is -0.762. The molecular weight excluding hydrogens is 177 g/mol. The monoisotopic (exact) mass is 187 g/mol. The first-order valence-electron chi connectivity index (χ1n) is 3.61. The van der Waals surface area contributed by atoms with Gasteiger partial charge in [0, 0.05) is 18.2 Å². The zero-order chi connectivity index (χ0) is 9.84. The van der Waals surface area contributed by atoms with E-state index in [4.69, 9.17) is 15.1 Å². The number of halogens is 1. The van der Waals surface area contributed by atoms with Gasteiger partial charge in [0.2, 0.25) is 0 Å². The number of phenolic OH excluding ortho intramolecular Hbond substituents is 1. The van der Waals surface area contributed by atoms with Gasteiger partial charge >= 0.3 is 0 Å². The van der Waals surface area contributed by atoms with Crippen LogP contribution in [0.3, 0.4) is 0 Å². The summed E-state index contributed by atoms with van der Waals surface area (Å²) in [4.78, 5) is 0. The van der Waals surface area contributed by atoms with Crippen molar-refractivity contribution in [3.05, 3.63) is 23.5 Å². The number of benzene rings is 1. The number of hydrogen-bond donors (Lipinski definition) is 3. The molecule has 1 aromatic carbocycles. The summed E-state index contributed by atoms with van der Waals surface area (Å²) in [5, 5.41) is 17.4. The maximum atomic E-state index is 13.0. The zero-order valence-corrected chi connectivity index (χ0v) is 7.04. The average molecular weight is 187 g/mol. The molecule has 0 aromatic heterocycles. The van der Waals surface area contributed by atoms with Gasteiger partial charge in [0.1, 0.15) is 5.75 Å². The fourth-order valence-corrected chi connectivity index (χ4v) is 0.971. The second-order valence-electron chi connectivity index (χ2n) is 2.45. The maximum Gasteiger partial charge on any atom is 0.169 e. The molecule has 0 aliphatic carbocycles. The first-order valence-corrected chi connectivity index (χ1v) is 3.61. The quantitative estimate of drug-likeness (QED) is 0.618. The third-order valence-corrected chi connectivity index (χ3v) is 1.61. The number of nitrogens with one attached hydrogen (secondary N) is 1. The van der Waals surface area contributed by atoms with E-state index in [9.17, 15) is 4.39 Å². The summed E-state index contributed by atoms with van der Waals surface area (Å²) in [5.74, 6) is -0.920. The molecule has 13 heavy (non-hydrogen) atoms. The Morgan fingerprint density at radius 1 is 1.54 bits per heavy atom. The Kier molecular flexibility index (Phi) is 3.05. The molecule has 0 aliphatic rings. The third kappa shape index (κ3) is 2.07. The van der Waals surface area contributed by atoms with Gasteiger partial charge in [-0.15, -0.1) is 0 Å². The van der Waals surface area contributed by atoms with Crippen molar-refractivity contribution in [1.29, 1.82) is 0 Å². The van der Waals surface area contributed by atoms with Crippen LogP contribution in [0.2, 0.25) is 0 Å². The van der Waals surface area contributed by atoms with Crippen LogP contribution in [0.5, 0.6) is 11.5 Å². The Bertz CT molecular complexity index is 304. The Labute approximate surface area is 74.5 Å². The van der Waals surface area contributed by atoms with Crippen LogP contribution in [0.4, 0.5) is 4.39 Å². The van der Waals surface area contributed by atoms with Gasteiger partial charge in [-0.25, -0.2) is 9.87 Å². The molecule has 0 atom stereocenters. The van der Waals surface area contributed by atoms with Gasteiger partial charge in [-0.1, -0.05) is 0 Å². The van der Waals surface area contributed by atoms with Crippen LogP contribution in [-0.4, -0.2) is 17.4 Å². The minimum absolute atomic E-state index is 0.0867.